The summed E-state index contributed by atoms with van der Waals surface area (Å²) in [5.74, 6) is -1.71. The van der Waals surface area contributed by atoms with Gasteiger partial charge in [0.15, 0.2) is 0 Å². The summed E-state index contributed by atoms with van der Waals surface area (Å²) in [6.45, 7) is 0.709. The van der Waals surface area contributed by atoms with E-state index in [4.69, 9.17) is 0 Å². The Bertz CT molecular complexity index is 836. The molecule has 0 saturated carbocycles. The highest BCUT2D eigenvalue weighted by Crippen LogP contribution is 2.21. The molecular formula is C19H18FN3O3. The third-order valence-electron chi connectivity index (χ3n) is 4.12. The molecule has 1 heterocycles. The smallest absolute Gasteiger partial charge is 0.272 e. The molecule has 26 heavy (non-hydrogen) atoms. The summed E-state index contributed by atoms with van der Waals surface area (Å²) in [4.78, 5) is 37.2. The third kappa shape index (κ3) is 4.05. The van der Waals surface area contributed by atoms with Crippen molar-refractivity contribution in [2.45, 2.75) is 19.3 Å². The molecule has 134 valence electrons. The Hall–Kier alpha value is -3.22. The highest BCUT2D eigenvalue weighted by molar-refractivity contribution is 5.96. The van der Waals surface area contributed by atoms with Crippen molar-refractivity contribution in [3.63, 3.8) is 0 Å². The Morgan fingerprint density at radius 3 is 2.42 bits per heavy atom. The summed E-state index contributed by atoms with van der Waals surface area (Å²) in [6, 6.07) is 12.6. The lowest BCUT2D eigenvalue weighted by molar-refractivity contribution is -0.121. The fourth-order valence-electron chi connectivity index (χ4n) is 2.78. The summed E-state index contributed by atoms with van der Waals surface area (Å²) < 4.78 is 13.5. The van der Waals surface area contributed by atoms with Crippen molar-refractivity contribution in [1.82, 2.24) is 10.9 Å². The van der Waals surface area contributed by atoms with Crippen LogP contribution in [0.5, 0.6) is 0 Å². The van der Waals surface area contributed by atoms with E-state index in [9.17, 15) is 18.8 Å². The van der Waals surface area contributed by atoms with Crippen LogP contribution < -0.4 is 15.8 Å². The molecule has 1 saturated heterocycles. The largest absolute Gasteiger partial charge is 0.312 e. The highest BCUT2D eigenvalue weighted by atomic mass is 19.1. The summed E-state index contributed by atoms with van der Waals surface area (Å²) in [5.41, 5.74) is 5.85. The molecule has 2 N–H and O–H groups in total. The maximum absolute atomic E-state index is 13.5. The van der Waals surface area contributed by atoms with Crippen molar-refractivity contribution in [3.8, 4) is 0 Å². The standard InChI is InChI=1S/C19H18FN3O3/c20-16-5-2-1-4-15(16)19(26)22-21-17(24)12-13-7-9-14(10-8-13)23-11-3-6-18(23)25/h1-2,4-5,7-10H,3,6,11-12H2,(H,21,24)(H,22,26). The van der Waals surface area contributed by atoms with Gasteiger partial charge in [-0.1, -0.05) is 24.3 Å². The predicted octanol–water partition coefficient (Wildman–Crippen LogP) is 1.96. The second-order valence-corrected chi connectivity index (χ2v) is 5.97. The van der Waals surface area contributed by atoms with Crippen LogP contribution in [0.4, 0.5) is 10.1 Å². The number of hydrogen-bond acceptors (Lipinski definition) is 3. The minimum absolute atomic E-state index is 0.0474. The molecule has 0 spiro atoms. The van der Waals surface area contributed by atoms with Gasteiger partial charge in [-0.25, -0.2) is 4.39 Å². The number of halogens is 1. The van der Waals surface area contributed by atoms with Crippen molar-refractivity contribution in [3.05, 3.63) is 65.5 Å². The number of nitrogens with zero attached hydrogens (tertiary/aromatic N) is 1. The number of benzene rings is 2. The van der Waals surface area contributed by atoms with Crippen molar-refractivity contribution in [2.75, 3.05) is 11.4 Å². The van der Waals surface area contributed by atoms with Gasteiger partial charge in [-0.2, -0.15) is 0 Å². The zero-order chi connectivity index (χ0) is 18.5. The van der Waals surface area contributed by atoms with Gasteiger partial charge >= 0.3 is 0 Å². The lowest BCUT2D eigenvalue weighted by atomic mass is 10.1. The van der Waals surface area contributed by atoms with Crippen LogP contribution in [-0.4, -0.2) is 24.3 Å². The van der Waals surface area contributed by atoms with E-state index in [0.717, 1.165) is 17.7 Å². The lowest BCUT2D eigenvalue weighted by Crippen LogP contribution is -2.42. The molecule has 1 aliphatic heterocycles. The maximum Gasteiger partial charge on any atom is 0.272 e. The van der Waals surface area contributed by atoms with E-state index in [1.54, 1.807) is 29.2 Å². The first kappa shape index (κ1) is 17.6. The zero-order valence-corrected chi connectivity index (χ0v) is 14.0. The van der Waals surface area contributed by atoms with Crippen LogP contribution in [0, 0.1) is 5.82 Å². The number of carbonyl (C=O) groups excluding carboxylic acids is 3. The number of rotatable bonds is 4. The third-order valence-corrected chi connectivity index (χ3v) is 4.12. The second-order valence-electron chi connectivity index (χ2n) is 5.97. The topological polar surface area (TPSA) is 78.5 Å². The van der Waals surface area contributed by atoms with Crippen LogP contribution >= 0.6 is 0 Å². The van der Waals surface area contributed by atoms with Crippen molar-refractivity contribution < 1.29 is 18.8 Å². The van der Waals surface area contributed by atoms with Gasteiger partial charge in [-0.05, 0) is 36.2 Å². The van der Waals surface area contributed by atoms with Crippen LogP contribution in [-0.2, 0) is 16.0 Å². The average Bonchev–Trinajstić information content (AvgIpc) is 3.07. The van der Waals surface area contributed by atoms with Gasteiger partial charge in [0.25, 0.3) is 5.91 Å². The van der Waals surface area contributed by atoms with Gasteiger partial charge in [0.05, 0.1) is 12.0 Å². The maximum atomic E-state index is 13.5. The molecule has 0 aliphatic carbocycles. The summed E-state index contributed by atoms with van der Waals surface area (Å²) in [5, 5.41) is 0. The minimum atomic E-state index is -0.723. The van der Waals surface area contributed by atoms with E-state index < -0.39 is 17.6 Å². The Labute approximate surface area is 150 Å². The number of carbonyl (C=O) groups is 3. The zero-order valence-electron chi connectivity index (χ0n) is 14.0. The van der Waals surface area contributed by atoms with Gasteiger partial charge in [0, 0.05) is 18.7 Å². The number of amides is 3. The molecule has 1 fully saturated rings. The van der Waals surface area contributed by atoms with Gasteiger partial charge in [0.1, 0.15) is 5.82 Å². The van der Waals surface area contributed by atoms with E-state index >= 15 is 0 Å². The SMILES string of the molecule is O=C(Cc1ccc(N2CCCC2=O)cc1)NNC(=O)c1ccccc1F. The summed E-state index contributed by atoms with van der Waals surface area (Å²) in [7, 11) is 0. The Morgan fingerprint density at radius 1 is 1.04 bits per heavy atom. The summed E-state index contributed by atoms with van der Waals surface area (Å²) >= 11 is 0. The van der Waals surface area contributed by atoms with Crippen molar-refractivity contribution in [1.29, 1.82) is 0 Å². The fourth-order valence-corrected chi connectivity index (χ4v) is 2.78. The highest BCUT2D eigenvalue weighted by Gasteiger charge is 2.21. The second kappa shape index (κ2) is 7.77. The van der Waals surface area contributed by atoms with Gasteiger partial charge in [-0.15, -0.1) is 0 Å². The Balaban J connectivity index is 1.52. The van der Waals surface area contributed by atoms with Crippen molar-refractivity contribution >= 4 is 23.4 Å². The molecule has 6 nitrogen and oxygen atoms in total. The molecule has 0 unspecified atom stereocenters. The summed E-state index contributed by atoms with van der Waals surface area (Å²) in [6.07, 6.45) is 1.46. The predicted molar refractivity (Wildman–Crippen MR) is 93.7 cm³/mol. The van der Waals surface area contributed by atoms with Crippen LogP contribution in [0.15, 0.2) is 48.5 Å². The van der Waals surface area contributed by atoms with Gasteiger partial charge < -0.3 is 4.90 Å². The van der Waals surface area contributed by atoms with Crippen LogP contribution in [0.25, 0.3) is 0 Å². The number of nitrogens with one attached hydrogen (secondary N) is 2. The van der Waals surface area contributed by atoms with E-state index in [-0.39, 0.29) is 17.9 Å². The van der Waals surface area contributed by atoms with E-state index in [1.807, 2.05) is 0 Å². The molecule has 2 aromatic rings. The normalized spacial score (nSPS) is 13.6. The first-order valence-electron chi connectivity index (χ1n) is 8.27. The van der Waals surface area contributed by atoms with Crippen LogP contribution in [0.3, 0.4) is 0 Å². The molecule has 0 atom stereocenters. The number of hydrogen-bond donors (Lipinski definition) is 2. The van der Waals surface area contributed by atoms with Crippen LogP contribution in [0.1, 0.15) is 28.8 Å². The van der Waals surface area contributed by atoms with E-state index in [0.29, 0.717) is 13.0 Å². The quantitative estimate of drug-likeness (QED) is 0.823. The molecule has 0 bridgehead atoms. The molecular weight excluding hydrogens is 337 g/mol. The first-order chi connectivity index (χ1) is 12.5. The Morgan fingerprint density at radius 2 is 1.77 bits per heavy atom. The average molecular weight is 355 g/mol. The Kier molecular flexibility index (Phi) is 5.26. The van der Waals surface area contributed by atoms with Gasteiger partial charge in [0.2, 0.25) is 11.8 Å². The monoisotopic (exact) mass is 355 g/mol. The van der Waals surface area contributed by atoms with E-state index in [2.05, 4.69) is 10.9 Å². The molecule has 3 amide bonds. The fraction of sp³-hybridized carbons (Fsp3) is 0.211. The number of anilines is 1. The number of hydrazine groups is 1. The van der Waals surface area contributed by atoms with Crippen molar-refractivity contribution in [2.24, 2.45) is 0 Å². The molecule has 3 rings (SSSR count). The van der Waals surface area contributed by atoms with E-state index in [1.165, 1.54) is 24.3 Å². The molecule has 1 aliphatic rings. The first-order valence-corrected chi connectivity index (χ1v) is 8.27. The molecule has 7 heteroatoms. The van der Waals surface area contributed by atoms with Gasteiger partial charge in [-0.3, -0.25) is 25.2 Å². The lowest BCUT2D eigenvalue weighted by Gasteiger charge is -2.16. The van der Waals surface area contributed by atoms with Crippen LogP contribution in [0.2, 0.25) is 0 Å². The minimum Gasteiger partial charge on any atom is -0.312 e. The molecule has 0 radical (unpaired) electrons. The molecule has 2 aromatic carbocycles. The molecule has 0 aromatic heterocycles.